The van der Waals surface area contributed by atoms with Crippen LogP contribution in [-0.4, -0.2) is 26.1 Å². The number of amides is 1. The predicted octanol–water partition coefficient (Wildman–Crippen LogP) is -0.0302. The Kier molecular flexibility index (Phi) is 3.40. The molecule has 5 nitrogen and oxygen atoms in total. The molecule has 0 aromatic carbocycles. The molecule has 88 valence electrons. The van der Waals surface area contributed by atoms with Crippen molar-refractivity contribution in [3.05, 3.63) is 0 Å². The van der Waals surface area contributed by atoms with E-state index in [-0.39, 0.29) is 0 Å². The molecule has 0 heterocycles. The van der Waals surface area contributed by atoms with E-state index in [1.165, 1.54) is 0 Å². The average molecular weight is 234 g/mol. The summed E-state index contributed by atoms with van der Waals surface area (Å²) in [7, 11) is -3.51. The van der Waals surface area contributed by atoms with Gasteiger partial charge in [0.05, 0.1) is 11.8 Å². The maximum absolute atomic E-state index is 11.7. The van der Waals surface area contributed by atoms with Gasteiger partial charge in [0.15, 0.2) is 0 Å². The highest BCUT2D eigenvalue weighted by molar-refractivity contribution is 7.89. The molecule has 0 radical (unpaired) electrons. The monoisotopic (exact) mass is 234 g/mol. The van der Waals surface area contributed by atoms with E-state index in [2.05, 4.69) is 0 Å². The van der Waals surface area contributed by atoms with Crippen molar-refractivity contribution in [1.29, 1.82) is 0 Å². The third-order valence-electron chi connectivity index (χ3n) is 2.76. The van der Waals surface area contributed by atoms with Gasteiger partial charge in [0.2, 0.25) is 10.0 Å². The molecular formula is C9H18N2O3S. The van der Waals surface area contributed by atoms with Crippen molar-refractivity contribution in [2.45, 2.75) is 38.1 Å². The lowest BCUT2D eigenvalue weighted by molar-refractivity contribution is -0.126. The summed E-state index contributed by atoms with van der Waals surface area (Å²) in [6, 6.07) is 0. The Bertz CT molecular complexity index is 352. The van der Waals surface area contributed by atoms with Crippen molar-refractivity contribution in [2.75, 3.05) is 6.26 Å². The Labute approximate surface area is 90.5 Å². The van der Waals surface area contributed by atoms with Crippen LogP contribution in [0.5, 0.6) is 0 Å². The molecule has 6 heteroatoms. The van der Waals surface area contributed by atoms with Crippen molar-refractivity contribution < 1.29 is 13.2 Å². The van der Waals surface area contributed by atoms with Gasteiger partial charge in [-0.05, 0) is 18.8 Å². The third kappa shape index (κ3) is 3.46. The smallest absolute Gasteiger partial charge is 0.253 e. The van der Waals surface area contributed by atoms with Crippen LogP contribution in [-0.2, 0) is 14.8 Å². The molecule has 1 amide bonds. The minimum atomic E-state index is -3.51. The lowest BCUT2D eigenvalue weighted by atomic mass is 9.77. The number of rotatable bonds is 2. The summed E-state index contributed by atoms with van der Waals surface area (Å²) in [5.74, 6) is -0.203. The quantitative estimate of drug-likeness (QED) is 0.702. The molecule has 2 atom stereocenters. The van der Waals surface area contributed by atoms with Gasteiger partial charge in [0.1, 0.15) is 0 Å². The van der Waals surface area contributed by atoms with Gasteiger partial charge in [-0.3, -0.25) is 9.52 Å². The molecule has 0 bridgehead atoms. The van der Waals surface area contributed by atoms with Crippen molar-refractivity contribution >= 4 is 15.9 Å². The highest BCUT2D eigenvalue weighted by Crippen LogP contribution is 2.30. The highest BCUT2D eigenvalue weighted by atomic mass is 32.2. The summed E-state index contributed by atoms with van der Waals surface area (Å²) in [5, 5.41) is 0. The van der Waals surface area contributed by atoms with E-state index in [9.17, 15) is 13.2 Å². The number of carbonyl (C=O) groups excluding carboxylic acids is 1. The van der Waals surface area contributed by atoms with Crippen LogP contribution in [0.4, 0.5) is 0 Å². The summed E-state index contributed by atoms with van der Waals surface area (Å²) in [5.41, 5.74) is 4.91. The van der Waals surface area contributed by atoms with Crippen LogP contribution in [0.25, 0.3) is 0 Å². The molecule has 0 aliphatic heterocycles. The zero-order chi connectivity index (χ0) is 11.7. The summed E-state index contributed by atoms with van der Waals surface area (Å²) >= 11 is 0. The molecule has 1 saturated carbocycles. The molecule has 0 aromatic heterocycles. The van der Waals surface area contributed by atoms with Gasteiger partial charge in [-0.15, -0.1) is 0 Å². The summed E-state index contributed by atoms with van der Waals surface area (Å²) in [6.07, 6.45) is 3.98. The molecule has 0 aromatic rings. The normalized spacial score (nSPS) is 32.3. The van der Waals surface area contributed by atoms with Gasteiger partial charge in [-0.25, -0.2) is 8.42 Å². The number of sulfonamides is 1. The maximum atomic E-state index is 11.7. The molecular weight excluding hydrogens is 216 g/mol. The predicted molar refractivity (Wildman–Crippen MR) is 57.5 cm³/mol. The summed E-state index contributed by atoms with van der Waals surface area (Å²) in [6.45, 7) is 2.02. The van der Waals surface area contributed by atoms with Gasteiger partial charge in [-0.2, -0.15) is 0 Å². The Morgan fingerprint density at radius 3 is 2.60 bits per heavy atom. The summed E-state index contributed by atoms with van der Waals surface area (Å²) < 4.78 is 23.8. The first-order chi connectivity index (χ1) is 6.73. The first kappa shape index (κ1) is 12.4. The van der Waals surface area contributed by atoms with Gasteiger partial charge < -0.3 is 5.73 Å². The molecule has 3 N–H and O–H groups in total. The fraction of sp³-hybridized carbons (Fsp3) is 0.889. The van der Waals surface area contributed by atoms with E-state index in [1.54, 1.807) is 0 Å². The van der Waals surface area contributed by atoms with E-state index >= 15 is 0 Å². The van der Waals surface area contributed by atoms with Crippen LogP contribution in [0.3, 0.4) is 0 Å². The molecule has 1 aliphatic rings. The highest BCUT2D eigenvalue weighted by Gasteiger charge is 2.38. The van der Waals surface area contributed by atoms with Crippen molar-refractivity contribution in [3.63, 3.8) is 0 Å². The standard InChI is InChI=1S/C9H18N2O3S/c1-7-4-3-5-9(10,6-7)8(12)11-15(2,13)14/h7H,3-6,10H2,1-2H3,(H,11,12). The molecule has 1 aliphatic carbocycles. The van der Waals surface area contributed by atoms with E-state index in [0.29, 0.717) is 18.8 Å². The maximum Gasteiger partial charge on any atom is 0.253 e. The van der Waals surface area contributed by atoms with E-state index < -0.39 is 21.5 Å². The lowest BCUT2D eigenvalue weighted by Gasteiger charge is -2.34. The second kappa shape index (κ2) is 4.09. The van der Waals surface area contributed by atoms with Gasteiger partial charge >= 0.3 is 0 Å². The number of hydrogen-bond acceptors (Lipinski definition) is 4. The minimum Gasteiger partial charge on any atom is -0.317 e. The van der Waals surface area contributed by atoms with Crippen LogP contribution in [0.2, 0.25) is 0 Å². The number of nitrogens with one attached hydrogen (secondary N) is 1. The minimum absolute atomic E-state index is 0.370. The zero-order valence-electron chi connectivity index (χ0n) is 9.12. The first-order valence-electron chi connectivity index (χ1n) is 5.04. The number of carbonyl (C=O) groups is 1. The fourth-order valence-electron chi connectivity index (χ4n) is 2.07. The SMILES string of the molecule is CC1CCCC(N)(C(=O)NS(C)(=O)=O)C1. The van der Waals surface area contributed by atoms with Crippen LogP contribution in [0.15, 0.2) is 0 Å². The lowest BCUT2D eigenvalue weighted by Crippen LogP contribution is -2.57. The van der Waals surface area contributed by atoms with E-state index in [1.807, 2.05) is 11.6 Å². The van der Waals surface area contributed by atoms with E-state index in [0.717, 1.165) is 19.1 Å². The third-order valence-corrected chi connectivity index (χ3v) is 3.32. The summed E-state index contributed by atoms with van der Waals surface area (Å²) in [4.78, 5) is 11.7. The zero-order valence-corrected chi connectivity index (χ0v) is 9.93. The number of hydrogen-bond donors (Lipinski definition) is 2. The topological polar surface area (TPSA) is 89.3 Å². The van der Waals surface area contributed by atoms with Crippen LogP contribution in [0.1, 0.15) is 32.6 Å². The largest absolute Gasteiger partial charge is 0.317 e. The number of nitrogens with two attached hydrogens (primary N) is 1. The van der Waals surface area contributed by atoms with Gasteiger partial charge in [0.25, 0.3) is 5.91 Å². The van der Waals surface area contributed by atoms with Gasteiger partial charge in [-0.1, -0.05) is 19.8 Å². The molecule has 0 spiro atoms. The van der Waals surface area contributed by atoms with Crippen LogP contribution < -0.4 is 10.5 Å². The van der Waals surface area contributed by atoms with Crippen molar-refractivity contribution in [1.82, 2.24) is 4.72 Å². The molecule has 0 saturated heterocycles. The second-order valence-corrected chi connectivity index (χ2v) is 6.31. The molecule has 2 unspecified atom stereocenters. The van der Waals surface area contributed by atoms with Crippen LogP contribution >= 0.6 is 0 Å². The molecule has 1 fully saturated rings. The Balaban J connectivity index is 2.73. The van der Waals surface area contributed by atoms with Gasteiger partial charge in [0, 0.05) is 0 Å². The fourth-order valence-corrected chi connectivity index (χ4v) is 2.61. The van der Waals surface area contributed by atoms with Crippen molar-refractivity contribution in [3.8, 4) is 0 Å². The van der Waals surface area contributed by atoms with E-state index in [4.69, 9.17) is 5.73 Å². The Morgan fingerprint density at radius 1 is 1.53 bits per heavy atom. The average Bonchev–Trinajstić information content (AvgIpc) is 2.00. The van der Waals surface area contributed by atoms with Crippen molar-refractivity contribution in [2.24, 2.45) is 11.7 Å². The van der Waals surface area contributed by atoms with Crippen LogP contribution in [0, 0.1) is 5.92 Å². The Hall–Kier alpha value is -0.620. The second-order valence-electron chi connectivity index (χ2n) is 4.56. The first-order valence-corrected chi connectivity index (χ1v) is 6.93. The molecule has 1 rings (SSSR count). The molecule has 15 heavy (non-hydrogen) atoms. The Morgan fingerprint density at radius 2 is 2.13 bits per heavy atom.